The fraction of sp³-hybridized carbons (Fsp3) is 0.100. The number of carbonyl (C=O) groups excluding carboxylic acids is 2. The van der Waals surface area contributed by atoms with Crippen LogP contribution in [0, 0.1) is 6.92 Å². The van der Waals surface area contributed by atoms with Gasteiger partial charge in [0.1, 0.15) is 5.29 Å². The number of hydrogen-bond acceptors (Lipinski definition) is 3. The lowest BCUT2D eigenvalue weighted by molar-refractivity contribution is -0.134. The number of hydrogen-bond donors (Lipinski definition) is 0. The number of aryl methyl sites for hydroxylation is 1. The first-order valence-electron chi connectivity index (χ1n) is 11.3. The zero-order valence-corrected chi connectivity index (χ0v) is 20.2. The molecule has 0 bridgehead atoms. The molecule has 0 saturated heterocycles. The van der Waals surface area contributed by atoms with Crippen LogP contribution < -0.4 is 15.9 Å². The molecule has 4 heteroatoms. The van der Waals surface area contributed by atoms with E-state index in [1.165, 1.54) is 0 Å². The van der Waals surface area contributed by atoms with Crippen molar-refractivity contribution < 1.29 is 14.3 Å². The van der Waals surface area contributed by atoms with Gasteiger partial charge in [-0.05, 0) is 36.6 Å². The highest BCUT2D eigenvalue weighted by molar-refractivity contribution is 7.97. The summed E-state index contributed by atoms with van der Waals surface area (Å²) in [4.78, 5) is 28.0. The minimum absolute atomic E-state index is 0.182. The van der Waals surface area contributed by atoms with Gasteiger partial charge in [0.15, 0.2) is 0 Å². The van der Waals surface area contributed by atoms with E-state index >= 15 is 0 Å². The quantitative estimate of drug-likeness (QED) is 0.168. The van der Waals surface area contributed by atoms with Crippen molar-refractivity contribution in [3.8, 4) is 0 Å². The monoisotopic (exact) mass is 466 g/mol. The molecule has 4 aromatic carbocycles. The third-order valence-corrected chi connectivity index (χ3v) is 10.0. The van der Waals surface area contributed by atoms with Gasteiger partial charge in [-0.15, -0.1) is 0 Å². The van der Waals surface area contributed by atoms with Gasteiger partial charge in [-0.1, -0.05) is 121 Å². The summed E-state index contributed by atoms with van der Waals surface area (Å²) in [5, 5.41) is 2.96. The van der Waals surface area contributed by atoms with Crippen LogP contribution in [0.15, 0.2) is 115 Å². The Morgan fingerprint density at radius 2 is 1.06 bits per heavy atom. The Bertz CT molecular complexity index is 1220. The third-order valence-electron chi connectivity index (χ3n) is 5.76. The lowest BCUT2D eigenvalue weighted by atomic mass is 10.1. The Balaban J connectivity index is 2.24. The molecule has 0 aliphatic heterocycles. The topological polar surface area (TPSA) is 43.4 Å². The van der Waals surface area contributed by atoms with E-state index in [0.29, 0.717) is 5.56 Å². The van der Waals surface area contributed by atoms with Gasteiger partial charge in [0, 0.05) is 5.56 Å². The summed E-state index contributed by atoms with van der Waals surface area (Å²) in [6.07, 6.45) is 0. The fourth-order valence-electron chi connectivity index (χ4n) is 4.21. The maximum absolute atomic E-state index is 14.2. The maximum atomic E-state index is 14.2. The first-order chi connectivity index (χ1) is 16.6. The number of benzene rings is 4. The molecule has 0 amide bonds. The molecule has 0 fully saturated rings. The van der Waals surface area contributed by atoms with Crippen LogP contribution in [0.3, 0.4) is 0 Å². The average Bonchev–Trinajstić information content (AvgIpc) is 2.89. The molecule has 0 heterocycles. The lowest BCUT2D eigenvalue weighted by Crippen LogP contribution is -2.38. The van der Waals surface area contributed by atoms with Gasteiger partial charge in [0.05, 0.1) is 6.61 Å². The van der Waals surface area contributed by atoms with Crippen molar-refractivity contribution in [2.24, 2.45) is 0 Å². The number of ether oxygens (including phenoxy) is 1. The van der Waals surface area contributed by atoms with Crippen LogP contribution in [0.25, 0.3) is 0 Å². The Morgan fingerprint density at radius 1 is 0.647 bits per heavy atom. The molecule has 0 aliphatic rings. The molecule has 0 N–H and O–H groups in total. The molecular formula is C30H27O3P. The van der Waals surface area contributed by atoms with Crippen molar-refractivity contribution >= 4 is 39.8 Å². The van der Waals surface area contributed by atoms with Crippen LogP contribution in [0.5, 0.6) is 0 Å². The van der Waals surface area contributed by atoms with Crippen LogP contribution >= 0.6 is 6.89 Å². The average molecular weight is 467 g/mol. The maximum Gasteiger partial charge on any atom is 0.343 e. The second-order valence-corrected chi connectivity index (χ2v) is 11.3. The largest absolute Gasteiger partial charge is 0.462 e. The van der Waals surface area contributed by atoms with Crippen LogP contribution in [0.2, 0.25) is 0 Å². The Hall–Kier alpha value is -3.68. The fourth-order valence-corrected chi connectivity index (χ4v) is 8.51. The molecule has 0 aromatic heterocycles. The molecule has 4 rings (SSSR count). The first-order valence-corrected chi connectivity index (χ1v) is 13.1. The minimum Gasteiger partial charge on any atom is -0.462 e. The number of ketones is 1. The van der Waals surface area contributed by atoms with Crippen molar-refractivity contribution in [2.45, 2.75) is 13.8 Å². The number of esters is 1. The predicted octanol–water partition coefficient (Wildman–Crippen LogP) is 4.91. The van der Waals surface area contributed by atoms with Gasteiger partial charge in [0.25, 0.3) is 0 Å². The van der Waals surface area contributed by atoms with Gasteiger partial charge < -0.3 is 4.74 Å². The van der Waals surface area contributed by atoms with Crippen LogP contribution in [0.1, 0.15) is 22.8 Å². The zero-order valence-electron chi connectivity index (χ0n) is 19.3. The first kappa shape index (κ1) is 23.5. The van der Waals surface area contributed by atoms with E-state index in [1.807, 2.05) is 110 Å². The summed E-state index contributed by atoms with van der Waals surface area (Å²) in [5.41, 5.74) is 1.52. The molecule has 0 unspecified atom stereocenters. The summed E-state index contributed by atoms with van der Waals surface area (Å²) in [6, 6.07) is 37.0. The van der Waals surface area contributed by atoms with Gasteiger partial charge in [-0.2, -0.15) is 0 Å². The standard InChI is InChI=1S/C30H27O3P/c1-3-33-30(32)29(28(31)24-21-19-23(2)20-22-24)34(25-13-7-4-8-14-25,26-15-9-5-10-16-26)27-17-11-6-12-18-27/h4-22H,3H2,1-2H3. The van der Waals surface area contributed by atoms with Crippen molar-refractivity contribution in [2.75, 3.05) is 6.61 Å². The van der Waals surface area contributed by atoms with Crippen LogP contribution in [-0.4, -0.2) is 23.7 Å². The van der Waals surface area contributed by atoms with E-state index in [4.69, 9.17) is 4.74 Å². The van der Waals surface area contributed by atoms with Crippen molar-refractivity contribution in [3.05, 3.63) is 126 Å². The van der Waals surface area contributed by atoms with Crippen molar-refractivity contribution in [3.63, 3.8) is 0 Å². The molecule has 3 nitrogen and oxygen atoms in total. The number of Topliss-reactive ketones (excluding diaryl/α,β-unsaturated/α-hetero) is 1. The molecule has 0 radical (unpaired) electrons. The third kappa shape index (κ3) is 4.40. The summed E-state index contributed by atoms with van der Waals surface area (Å²) in [7, 11) is 0. The normalized spacial score (nSPS) is 11.0. The van der Waals surface area contributed by atoms with Crippen LogP contribution in [0.4, 0.5) is 0 Å². The molecule has 0 saturated carbocycles. The van der Waals surface area contributed by atoms with E-state index in [-0.39, 0.29) is 17.7 Å². The number of carbonyl (C=O) groups is 2. The highest BCUT2D eigenvalue weighted by atomic mass is 31.2. The second kappa shape index (κ2) is 10.5. The van der Waals surface area contributed by atoms with Gasteiger partial charge in [-0.3, -0.25) is 4.79 Å². The minimum atomic E-state index is -2.89. The summed E-state index contributed by atoms with van der Waals surface area (Å²) >= 11 is 0. The van der Waals surface area contributed by atoms with Gasteiger partial charge in [0.2, 0.25) is 5.78 Å². The van der Waals surface area contributed by atoms with E-state index in [1.54, 1.807) is 19.1 Å². The summed E-state index contributed by atoms with van der Waals surface area (Å²) in [6.45, 7) is 1.03. The van der Waals surface area contributed by atoms with E-state index in [9.17, 15) is 9.59 Å². The summed E-state index contributed by atoms with van der Waals surface area (Å²) < 4.78 is 5.57. The van der Waals surface area contributed by atoms with E-state index < -0.39 is 12.9 Å². The second-order valence-electron chi connectivity index (χ2n) is 7.94. The van der Waals surface area contributed by atoms with Crippen molar-refractivity contribution in [1.29, 1.82) is 0 Å². The molecular weight excluding hydrogens is 439 g/mol. The zero-order chi connectivity index (χ0) is 24.0. The Labute approximate surface area is 201 Å². The van der Waals surface area contributed by atoms with Gasteiger partial charge >= 0.3 is 5.97 Å². The number of rotatable bonds is 7. The van der Waals surface area contributed by atoms with Crippen molar-refractivity contribution in [1.82, 2.24) is 0 Å². The van der Waals surface area contributed by atoms with E-state index in [2.05, 4.69) is 0 Å². The Morgan fingerprint density at radius 3 is 1.44 bits per heavy atom. The smallest absolute Gasteiger partial charge is 0.343 e. The Kier molecular flexibility index (Phi) is 7.25. The van der Waals surface area contributed by atoms with Gasteiger partial charge in [-0.25, -0.2) is 4.79 Å². The molecule has 0 spiro atoms. The van der Waals surface area contributed by atoms with E-state index in [0.717, 1.165) is 21.5 Å². The predicted molar refractivity (Wildman–Crippen MR) is 142 cm³/mol. The SMILES string of the molecule is CCOC(=O)C(C(=O)c1ccc(C)cc1)=P(c1ccccc1)(c1ccccc1)c1ccccc1. The highest BCUT2D eigenvalue weighted by Crippen LogP contribution is 2.47. The lowest BCUT2D eigenvalue weighted by Gasteiger charge is -2.31. The molecule has 0 aliphatic carbocycles. The summed E-state index contributed by atoms with van der Waals surface area (Å²) in [5.74, 6) is -0.874. The molecule has 34 heavy (non-hydrogen) atoms. The van der Waals surface area contributed by atoms with Crippen LogP contribution in [-0.2, 0) is 9.53 Å². The molecule has 170 valence electrons. The molecule has 4 aromatic rings. The molecule has 0 atom stereocenters. The highest BCUT2D eigenvalue weighted by Gasteiger charge is 2.37.